The molecule has 1 aromatic heterocycles. The molecule has 0 aromatic carbocycles. The van der Waals surface area contributed by atoms with Gasteiger partial charge in [0.1, 0.15) is 0 Å². The Morgan fingerprint density at radius 3 is 3.07 bits per heavy atom. The molecular weight excluding hydrogens is 186 g/mol. The normalized spacial score (nSPS) is 36.7. The number of nitrogens with zero attached hydrogens (tertiary/aromatic N) is 1. The monoisotopic (exact) mass is 205 g/mol. The van der Waals surface area contributed by atoms with E-state index in [1.807, 2.05) is 6.26 Å². The molecule has 2 aliphatic heterocycles. The highest BCUT2D eigenvalue weighted by molar-refractivity contribution is 5.14. The minimum absolute atomic E-state index is 0.632. The summed E-state index contributed by atoms with van der Waals surface area (Å²) in [6.07, 6.45) is 9.18. The molecule has 3 atom stereocenters. The smallest absolute Gasteiger partial charge is 0.0950 e. The number of hydrogen-bond donors (Lipinski definition) is 0. The summed E-state index contributed by atoms with van der Waals surface area (Å²) >= 11 is 0. The van der Waals surface area contributed by atoms with Gasteiger partial charge < -0.3 is 4.42 Å². The largest absolute Gasteiger partial charge is 0.472 e. The van der Waals surface area contributed by atoms with Crippen molar-refractivity contribution in [2.75, 3.05) is 6.54 Å². The van der Waals surface area contributed by atoms with Gasteiger partial charge in [-0.15, -0.1) is 0 Å². The zero-order chi connectivity index (χ0) is 10.3. The van der Waals surface area contributed by atoms with Crippen molar-refractivity contribution in [3.63, 3.8) is 0 Å². The lowest BCUT2D eigenvalue weighted by Gasteiger charge is -2.41. The summed E-state index contributed by atoms with van der Waals surface area (Å²) in [6.45, 7) is 3.69. The van der Waals surface area contributed by atoms with E-state index in [2.05, 4.69) is 17.9 Å². The van der Waals surface area contributed by atoms with Crippen molar-refractivity contribution in [2.45, 2.75) is 44.7 Å². The number of furan rings is 1. The van der Waals surface area contributed by atoms with Gasteiger partial charge in [0.15, 0.2) is 0 Å². The summed E-state index contributed by atoms with van der Waals surface area (Å²) in [5.74, 6) is 0.885. The van der Waals surface area contributed by atoms with Crippen molar-refractivity contribution >= 4 is 0 Å². The third kappa shape index (κ3) is 1.51. The Morgan fingerprint density at radius 2 is 2.27 bits per heavy atom. The molecule has 2 saturated heterocycles. The van der Waals surface area contributed by atoms with E-state index in [1.54, 1.807) is 6.26 Å². The minimum atomic E-state index is 0.632. The molecule has 1 aromatic rings. The van der Waals surface area contributed by atoms with Gasteiger partial charge in [-0.2, -0.15) is 0 Å². The van der Waals surface area contributed by atoms with E-state index >= 15 is 0 Å². The molecule has 2 fully saturated rings. The molecular formula is C13H19NO. The van der Waals surface area contributed by atoms with E-state index in [9.17, 15) is 0 Å². The van der Waals surface area contributed by atoms with Crippen LogP contribution in [0.1, 0.15) is 44.2 Å². The zero-order valence-electron chi connectivity index (χ0n) is 9.36. The molecule has 2 heteroatoms. The van der Waals surface area contributed by atoms with Gasteiger partial charge in [-0.3, -0.25) is 4.90 Å². The molecule has 0 saturated carbocycles. The SMILES string of the molecule is C[C@H]1CC[C@@H](c2ccoc2)N2CCC[C@@H]12. The van der Waals surface area contributed by atoms with Crippen LogP contribution in [-0.4, -0.2) is 17.5 Å². The van der Waals surface area contributed by atoms with Crippen LogP contribution < -0.4 is 0 Å². The number of fused-ring (bicyclic) bond motifs is 1. The predicted octanol–water partition coefficient (Wildman–Crippen LogP) is 3.22. The minimum Gasteiger partial charge on any atom is -0.472 e. The molecule has 82 valence electrons. The summed E-state index contributed by atoms with van der Waals surface area (Å²) in [4.78, 5) is 2.71. The van der Waals surface area contributed by atoms with Gasteiger partial charge in [-0.05, 0) is 44.2 Å². The third-order valence-corrected chi connectivity index (χ3v) is 4.22. The van der Waals surface area contributed by atoms with Crippen LogP contribution in [0.3, 0.4) is 0 Å². The van der Waals surface area contributed by atoms with Crippen LogP contribution in [0.2, 0.25) is 0 Å². The van der Waals surface area contributed by atoms with E-state index < -0.39 is 0 Å². The molecule has 2 nitrogen and oxygen atoms in total. The Labute approximate surface area is 91.3 Å². The van der Waals surface area contributed by atoms with Gasteiger partial charge in [-0.1, -0.05) is 6.92 Å². The van der Waals surface area contributed by atoms with Gasteiger partial charge in [0, 0.05) is 17.6 Å². The predicted molar refractivity (Wildman–Crippen MR) is 59.6 cm³/mol. The Morgan fingerprint density at radius 1 is 1.33 bits per heavy atom. The number of hydrogen-bond acceptors (Lipinski definition) is 2. The van der Waals surface area contributed by atoms with E-state index in [4.69, 9.17) is 4.42 Å². The van der Waals surface area contributed by atoms with Crippen molar-refractivity contribution in [1.29, 1.82) is 0 Å². The summed E-state index contributed by atoms with van der Waals surface area (Å²) in [6, 6.07) is 3.60. The summed E-state index contributed by atoms with van der Waals surface area (Å²) in [5.41, 5.74) is 1.38. The first kappa shape index (κ1) is 9.46. The molecule has 3 heterocycles. The highest BCUT2D eigenvalue weighted by Crippen LogP contribution is 2.41. The van der Waals surface area contributed by atoms with Crippen molar-refractivity contribution in [3.8, 4) is 0 Å². The Bertz CT molecular complexity index is 319. The number of piperidine rings is 1. The maximum Gasteiger partial charge on any atom is 0.0950 e. The van der Waals surface area contributed by atoms with Gasteiger partial charge in [-0.25, -0.2) is 0 Å². The van der Waals surface area contributed by atoms with Crippen LogP contribution in [-0.2, 0) is 0 Å². The molecule has 0 spiro atoms. The summed E-state index contributed by atoms with van der Waals surface area (Å²) < 4.78 is 5.22. The molecule has 0 unspecified atom stereocenters. The summed E-state index contributed by atoms with van der Waals surface area (Å²) in [7, 11) is 0. The first-order chi connectivity index (χ1) is 7.36. The molecule has 15 heavy (non-hydrogen) atoms. The zero-order valence-corrected chi connectivity index (χ0v) is 9.36. The molecule has 0 aliphatic carbocycles. The Hall–Kier alpha value is -0.760. The lowest BCUT2D eigenvalue weighted by Crippen LogP contribution is -2.41. The fraction of sp³-hybridized carbons (Fsp3) is 0.692. The van der Waals surface area contributed by atoms with Gasteiger partial charge in [0.2, 0.25) is 0 Å². The molecule has 0 bridgehead atoms. The molecule has 2 aliphatic rings. The quantitative estimate of drug-likeness (QED) is 0.700. The van der Waals surface area contributed by atoms with E-state index in [-0.39, 0.29) is 0 Å². The summed E-state index contributed by atoms with van der Waals surface area (Å²) in [5, 5.41) is 0. The first-order valence-electron chi connectivity index (χ1n) is 6.14. The van der Waals surface area contributed by atoms with Crippen LogP contribution in [0.15, 0.2) is 23.0 Å². The van der Waals surface area contributed by atoms with Crippen LogP contribution in [0.25, 0.3) is 0 Å². The number of rotatable bonds is 1. The van der Waals surface area contributed by atoms with E-state index in [1.165, 1.54) is 37.8 Å². The second kappa shape index (κ2) is 3.67. The standard InChI is InChI=1S/C13H19NO/c1-10-4-5-13(11-6-8-15-9-11)14-7-2-3-12(10)14/h6,8-10,12-13H,2-5,7H2,1H3/t10-,12-,13-/m0/s1. The first-order valence-corrected chi connectivity index (χ1v) is 6.14. The van der Waals surface area contributed by atoms with Crippen molar-refractivity contribution in [1.82, 2.24) is 4.90 Å². The van der Waals surface area contributed by atoms with Gasteiger partial charge in [0.25, 0.3) is 0 Å². The van der Waals surface area contributed by atoms with Gasteiger partial charge >= 0.3 is 0 Å². The highest BCUT2D eigenvalue weighted by Gasteiger charge is 2.38. The van der Waals surface area contributed by atoms with E-state index in [0.717, 1.165) is 12.0 Å². The van der Waals surface area contributed by atoms with Crippen molar-refractivity contribution in [3.05, 3.63) is 24.2 Å². The maximum absolute atomic E-state index is 5.22. The maximum atomic E-state index is 5.22. The van der Waals surface area contributed by atoms with Crippen LogP contribution in [0.4, 0.5) is 0 Å². The second-order valence-corrected chi connectivity index (χ2v) is 5.07. The van der Waals surface area contributed by atoms with Gasteiger partial charge in [0.05, 0.1) is 12.5 Å². The fourth-order valence-electron chi connectivity index (χ4n) is 3.41. The fourth-order valence-corrected chi connectivity index (χ4v) is 3.41. The second-order valence-electron chi connectivity index (χ2n) is 5.07. The Balaban J connectivity index is 1.85. The average Bonchev–Trinajstić information content (AvgIpc) is 2.88. The molecule has 0 N–H and O–H groups in total. The molecule has 0 amide bonds. The third-order valence-electron chi connectivity index (χ3n) is 4.22. The van der Waals surface area contributed by atoms with Crippen molar-refractivity contribution < 1.29 is 4.42 Å². The van der Waals surface area contributed by atoms with Crippen LogP contribution in [0, 0.1) is 5.92 Å². The lowest BCUT2D eigenvalue weighted by molar-refractivity contribution is 0.0812. The molecule has 0 radical (unpaired) electrons. The topological polar surface area (TPSA) is 16.4 Å². The van der Waals surface area contributed by atoms with Crippen LogP contribution >= 0.6 is 0 Å². The average molecular weight is 205 g/mol. The highest BCUT2D eigenvalue weighted by atomic mass is 16.3. The molecule has 3 rings (SSSR count). The van der Waals surface area contributed by atoms with Crippen molar-refractivity contribution in [2.24, 2.45) is 5.92 Å². The lowest BCUT2D eigenvalue weighted by atomic mass is 9.85. The van der Waals surface area contributed by atoms with Crippen LogP contribution in [0.5, 0.6) is 0 Å². The Kier molecular flexibility index (Phi) is 2.32. The van der Waals surface area contributed by atoms with E-state index in [0.29, 0.717) is 6.04 Å².